The summed E-state index contributed by atoms with van der Waals surface area (Å²) in [6.07, 6.45) is 0.823. The maximum absolute atomic E-state index is 14.3. The molecule has 0 saturated carbocycles. The molecule has 26 heteroatoms. The average Bonchev–Trinajstić information content (AvgIpc) is 3.84. The Morgan fingerprint density at radius 2 is 1.05 bits per heavy atom. The van der Waals surface area contributed by atoms with E-state index in [0.717, 1.165) is 50.3 Å². The lowest BCUT2D eigenvalue weighted by atomic mass is 9.99. The molecular formula is C49H75N11O15. The van der Waals surface area contributed by atoms with Crippen molar-refractivity contribution in [2.24, 2.45) is 23.1 Å². The smallest absolute Gasteiger partial charge is 0.303 e. The molecule has 16 N–H and O–H groups in total. The number of rotatable bonds is 22. The number of fused-ring (bicyclic) bond motifs is 1. The van der Waals surface area contributed by atoms with E-state index in [4.69, 9.17) is 17.2 Å². The fourth-order valence-corrected chi connectivity index (χ4v) is 8.64. The van der Waals surface area contributed by atoms with Crippen molar-refractivity contribution in [2.75, 3.05) is 6.54 Å². The molecule has 0 aliphatic carbocycles. The number of benzene rings is 1. The normalized spacial score (nSPS) is 24.6. The van der Waals surface area contributed by atoms with Gasteiger partial charge in [-0.15, -0.1) is 0 Å². The van der Waals surface area contributed by atoms with Crippen LogP contribution in [0.15, 0.2) is 24.3 Å². The van der Waals surface area contributed by atoms with Crippen LogP contribution in [-0.4, -0.2) is 152 Å². The number of unbranched alkanes of at least 4 members (excludes halogenated alkanes) is 5. The number of aliphatic carboxylic acids is 1. The summed E-state index contributed by atoms with van der Waals surface area (Å²) in [5.41, 5.74) is 16.8. The van der Waals surface area contributed by atoms with E-state index in [1.807, 2.05) is 0 Å². The van der Waals surface area contributed by atoms with Gasteiger partial charge < -0.3 is 74.6 Å². The molecule has 2 fully saturated rings. The van der Waals surface area contributed by atoms with Crippen LogP contribution in [0.1, 0.15) is 129 Å². The molecule has 8 unspecified atom stereocenters. The van der Waals surface area contributed by atoms with Gasteiger partial charge in [-0.05, 0) is 56.2 Å². The Morgan fingerprint density at radius 3 is 1.57 bits per heavy atom. The lowest BCUT2D eigenvalue weighted by Gasteiger charge is -2.31. The first kappa shape index (κ1) is 61.9. The molecule has 1 aromatic carbocycles. The first-order chi connectivity index (χ1) is 35.4. The standard InChI is InChI=1S/C49H75N11O15/c1-4-26(2)12-9-7-5-6-8-10-13-30-42(68)56-34(24-38(51)64)45(71)55-32(22-28-15-17-29(62)18-16-28)43(69)57-33(23-37(50)63)44(70)54-31(19-20-40(66)67)49(75)60-21-11-14-36(60)47(73)58-35(25-39(52)65)46(72)59-41(27(3)61)48(74)53-30/h15-18,26-27,30-36,41,61-62H,4-14,19-25H2,1-3H3,(H2,50,63)(H2,51,64)(H2,52,65)(H,53,74)(H,54,70)(H,55,71)(H,56,68)(H,57,69)(H,58,73)(H,59,72)(H,66,67)/t26?,27-,30?,31?,32?,33?,34?,35?,36?,41+/m1/s1. The highest BCUT2D eigenvalue weighted by Crippen LogP contribution is 2.21. The Balaban J connectivity index is 2.17. The third kappa shape index (κ3) is 21.2. The second-order valence-corrected chi connectivity index (χ2v) is 19.3. The molecule has 75 heavy (non-hydrogen) atoms. The van der Waals surface area contributed by atoms with Crippen molar-refractivity contribution in [3.63, 3.8) is 0 Å². The van der Waals surface area contributed by atoms with Gasteiger partial charge in [0, 0.05) is 19.4 Å². The molecule has 0 radical (unpaired) electrons. The van der Waals surface area contributed by atoms with E-state index in [-0.39, 0.29) is 38.0 Å². The number of aliphatic hydroxyl groups is 1. The number of aliphatic hydroxyl groups excluding tert-OH is 1. The van der Waals surface area contributed by atoms with E-state index in [1.165, 1.54) is 24.3 Å². The van der Waals surface area contributed by atoms with Crippen LogP contribution in [0.4, 0.5) is 0 Å². The van der Waals surface area contributed by atoms with Crippen LogP contribution < -0.4 is 54.4 Å². The predicted molar refractivity (Wildman–Crippen MR) is 266 cm³/mol. The molecule has 0 spiro atoms. The monoisotopic (exact) mass is 1060 g/mol. The van der Waals surface area contributed by atoms with Crippen LogP contribution in [0, 0.1) is 5.92 Å². The molecule has 2 saturated heterocycles. The molecule has 416 valence electrons. The van der Waals surface area contributed by atoms with Gasteiger partial charge in [0.2, 0.25) is 65.0 Å². The quantitative estimate of drug-likeness (QED) is 0.0529. The minimum atomic E-state index is -1.90. The molecule has 11 amide bonds. The Labute approximate surface area is 434 Å². The van der Waals surface area contributed by atoms with Gasteiger partial charge in [0.25, 0.3) is 0 Å². The van der Waals surface area contributed by atoms with Crippen LogP contribution in [0.25, 0.3) is 0 Å². The van der Waals surface area contributed by atoms with E-state index in [9.17, 15) is 72.9 Å². The van der Waals surface area contributed by atoms with Crippen LogP contribution in [-0.2, 0) is 64.0 Å². The molecule has 3 rings (SSSR count). The first-order valence-electron chi connectivity index (χ1n) is 25.4. The number of hydrogen-bond acceptors (Lipinski definition) is 14. The molecule has 2 aliphatic heterocycles. The number of carbonyl (C=O) groups excluding carboxylic acids is 11. The van der Waals surface area contributed by atoms with Crippen molar-refractivity contribution >= 4 is 70.9 Å². The number of phenols is 1. The third-order valence-electron chi connectivity index (χ3n) is 13.1. The molecular weight excluding hydrogens is 983 g/mol. The van der Waals surface area contributed by atoms with Crippen molar-refractivity contribution in [3.8, 4) is 5.75 Å². The Bertz CT molecular complexity index is 2210. The van der Waals surface area contributed by atoms with Gasteiger partial charge in [0.1, 0.15) is 54.1 Å². The topological polar surface area (TPSA) is 431 Å². The summed E-state index contributed by atoms with van der Waals surface area (Å²) in [5, 5.41) is 47.0. The van der Waals surface area contributed by atoms with Crippen molar-refractivity contribution in [1.29, 1.82) is 0 Å². The second-order valence-electron chi connectivity index (χ2n) is 19.3. The van der Waals surface area contributed by atoms with Crippen molar-refractivity contribution in [2.45, 2.75) is 184 Å². The maximum Gasteiger partial charge on any atom is 0.303 e. The summed E-state index contributed by atoms with van der Waals surface area (Å²) in [6.45, 7) is 5.31. The third-order valence-corrected chi connectivity index (χ3v) is 13.1. The predicted octanol–water partition coefficient (Wildman–Crippen LogP) is -2.63. The second kappa shape index (κ2) is 30.7. The SMILES string of the molecule is CCC(C)CCCCCCCCC1NC(=O)[C@H]([C@@H](C)O)NC(=O)C(CC(N)=O)NC(=O)C2CCCN2C(=O)C(CCC(=O)O)NC(=O)C(CC(N)=O)NC(=O)C(Cc2ccc(O)cc2)NC(=O)C(CC(N)=O)NC1=O. The number of amides is 11. The molecule has 2 aliphatic rings. The minimum absolute atomic E-state index is 0.0305. The Kier molecular flexibility index (Phi) is 25.4. The summed E-state index contributed by atoms with van der Waals surface area (Å²) in [5.74, 6) is -13.2. The lowest BCUT2D eigenvalue weighted by Crippen LogP contribution is -2.63. The lowest BCUT2D eigenvalue weighted by molar-refractivity contribution is -0.144. The molecule has 1 aromatic rings. The van der Waals surface area contributed by atoms with Crippen molar-refractivity contribution < 1.29 is 72.9 Å². The number of aromatic hydroxyl groups is 1. The molecule has 0 aromatic heterocycles. The highest BCUT2D eigenvalue weighted by Gasteiger charge is 2.41. The summed E-state index contributed by atoms with van der Waals surface area (Å²) in [4.78, 5) is 163. The van der Waals surface area contributed by atoms with Crippen LogP contribution >= 0.6 is 0 Å². The van der Waals surface area contributed by atoms with Crippen LogP contribution in [0.5, 0.6) is 5.75 Å². The maximum atomic E-state index is 14.3. The van der Waals surface area contributed by atoms with Crippen molar-refractivity contribution in [3.05, 3.63) is 29.8 Å². The van der Waals surface area contributed by atoms with E-state index >= 15 is 0 Å². The van der Waals surface area contributed by atoms with Gasteiger partial charge >= 0.3 is 5.97 Å². The molecule has 10 atom stereocenters. The molecule has 0 bridgehead atoms. The highest BCUT2D eigenvalue weighted by atomic mass is 16.4. The number of carbonyl (C=O) groups is 12. The zero-order valence-corrected chi connectivity index (χ0v) is 42.7. The number of primary amides is 3. The zero-order valence-electron chi connectivity index (χ0n) is 42.7. The number of carboxylic acids is 1. The fourth-order valence-electron chi connectivity index (χ4n) is 8.64. The number of hydrogen-bond donors (Lipinski definition) is 13. The first-order valence-corrected chi connectivity index (χ1v) is 25.4. The van der Waals surface area contributed by atoms with Gasteiger partial charge in [0.05, 0.1) is 25.4 Å². The fraction of sp³-hybridized carbons (Fsp3) is 0.633. The summed E-state index contributed by atoms with van der Waals surface area (Å²) in [7, 11) is 0. The van der Waals surface area contributed by atoms with Crippen molar-refractivity contribution in [1.82, 2.24) is 42.1 Å². The average molecular weight is 1060 g/mol. The van der Waals surface area contributed by atoms with E-state index in [1.54, 1.807) is 0 Å². The van der Waals surface area contributed by atoms with Gasteiger partial charge in [-0.1, -0.05) is 77.3 Å². The number of nitrogens with two attached hydrogens (primary N) is 3. The van der Waals surface area contributed by atoms with Crippen LogP contribution in [0.3, 0.4) is 0 Å². The van der Waals surface area contributed by atoms with Gasteiger partial charge in [0.15, 0.2) is 0 Å². The highest BCUT2D eigenvalue weighted by molar-refractivity contribution is 6.01. The van der Waals surface area contributed by atoms with E-state index < -0.39 is 157 Å². The zero-order chi connectivity index (χ0) is 55.9. The number of phenolic OH excluding ortho intramolecular Hbond substituents is 1. The van der Waals surface area contributed by atoms with Gasteiger partial charge in [-0.25, -0.2) is 0 Å². The van der Waals surface area contributed by atoms with Gasteiger partial charge in [-0.2, -0.15) is 0 Å². The Hall–Kier alpha value is -7.38. The van der Waals surface area contributed by atoms with Crippen LogP contribution in [0.2, 0.25) is 0 Å². The minimum Gasteiger partial charge on any atom is -0.508 e. The summed E-state index contributed by atoms with van der Waals surface area (Å²) < 4.78 is 0. The van der Waals surface area contributed by atoms with E-state index in [0.29, 0.717) is 24.3 Å². The molecule has 26 nitrogen and oxygen atoms in total. The summed E-state index contributed by atoms with van der Waals surface area (Å²) >= 11 is 0. The number of nitrogens with zero attached hydrogens (tertiary/aromatic N) is 1. The Morgan fingerprint density at radius 1 is 0.600 bits per heavy atom. The number of carboxylic acid groups (broad SMARTS) is 1. The summed E-state index contributed by atoms with van der Waals surface area (Å²) in [6, 6.07) is -8.42. The van der Waals surface area contributed by atoms with E-state index in [2.05, 4.69) is 51.1 Å². The number of nitrogens with one attached hydrogen (secondary N) is 7. The molecule has 2 heterocycles. The largest absolute Gasteiger partial charge is 0.508 e. The van der Waals surface area contributed by atoms with Gasteiger partial charge in [-0.3, -0.25) is 57.5 Å².